The fourth-order valence-corrected chi connectivity index (χ4v) is 2.90. The SMILES string of the molecule is CC(C)(O)C(=O)NC1CCCc2c1cnn2-c1ccc(F)cc1F. The van der Waals surface area contributed by atoms with Gasteiger partial charge in [0.25, 0.3) is 5.91 Å². The van der Waals surface area contributed by atoms with Crippen LogP contribution in [0.15, 0.2) is 24.4 Å². The highest BCUT2D eigenvalue weighted by atomic mass is 19.1. The normalized spacial score (nSPS) is 17.5. The Labute approximate surface area is 138 Å². The number of amides is 1. The highest BCUT2D eigenvalue weighted by Crippen LogP contribution is 2.32. The van der Waals surface area contributed by atoms with E-state index in [0.29, 0.717) is 12.8 Å². The predicted octanol–water partition coefficient (Wildman–Crippen LogP) is 2.42. The predicted molar refractivity (Wildman–Crippen MR) is 83.6 cm³/mol. The van der Waals surface area contributed by atoms with Crippen molar-refractivity contribution >= 4 is 5.91 Å². The van der Waals surface area contributed by atoms with E-state index in [2.05, 4.69) is 10.4 Å². The van der Waals surface area contributed by atoms with Gasteiger partial charge >= 0.3 is 0 Å². The lowest BCUT2D eigenvalue weighted by Crippen LogP contribution is -2.44. The number of aromatic nitrogens is 2. The molecule has 0 saturated heterocycles. The molecule has 128 valence electrons. The van der Waals surface area contributed by atoms with E-state index in [9.17, 15) is 18.7 Å². The van der Waals surface area contributed by atoms with Crippen LogP contribution in [0.5, 0.6) is 0 Å². The van der Waals surface area contributed by atoms with E-state index >= 15 is 0 Å². The van der Waals surface area contributed by atoms with Crippen molar-refractivity contribution in [2.24, 2.45) is 0 Å². The minimum Gasteiger partial charge on any atom is -0.381 e. The van der Waals surface area contributed by atoms with Gasteiger partial charge in [0, 0.05) is 17.3 Å². The van der Waals surface area contributed by atoms with E-state index in [-0.39, 0.29) is 11.7 Å². The van der Waals surface area contributed by atoms with Crippen LogP contribution in [0.3, 0.4) is 0 Å². The van der Waals surface area contributed by atoms with E-state index < -0.39 is 23.1 Å². The van der Waals surface area contributed by atoms with Crippen molar-refractivity contribution in [2.45, 2.75) is 44.8 Å². The minimum absolute atomic E-state index is 0.173. The molecule has 7 heteroatoms. The molecule has 0 aliphatic heterocycles. The largest absolute Gasteiger partial charge is 0.381 e. The van der Waals surface area contributed by atoms with Crippen LogP contribution in [0.25, 0.3) is 5.69 Å². The topological polar surface area (TPSA) is 67.2 Å². The molecule has 0 bridgehead atoms. The molecular weight excluding hydrogens is 316 g/mol. The molecule has 1 aliphatic rings. The average molecular weight is 335 g/mol. The maximum atomic E-state index is 14.0. The second-order valence-corrected chi connectivity index (χ2v) is 6.53. The van der Waals surface area contributed by atoms with E-state index in [0.717, 1.165) is 23.7 Å². The quantitative estimate of drug-likeness (QED) is 0.905. The summed E-state index contributed by atoms with van der Waals surface area (Å²) >= 11 is 0. The molecule has 1 heterocycles. The summed E-state index contributed by atoms with van der Waals surface area (Å²) in [6, 6.07) is 3.06. The Hall–Kier alpha value is -2.28. The monoisotopic (exact) mass is 335 g/mol. The van der Waals surface area contributed by atoms with Crippen LogP contribution < -0.4 is 5.32 Å². The number of hydrogen-bond acceptors (Lipinski definition) is 3. The molecule has 1 atom stereocenters. The Balaban J connectivity index is 1.94. The average Bonchev–Trinajstić information content (AvgIpc) is 2.91. The third kappa shape index (κ3) is 3.03. The van der Waals surface area contributed by atoms with Gasteiger partial charge in [0.2, 0.25) is 0 Å². The molecule has 1 aliphatic carbocycles. The number of fused-ring (bicyclic) bond motifs is 1. The fraction of sp³-hybridized carbons (Fsp3) is 0.412. The summed E-state index contributed by atoms with van der Waals surface area (Å²) in [5.41, 5.74) is 0.277. The van der Waals surface area contributed by atoms with Crippen molar-refractivity contribution < 1.29 is 18.7 Å². The molecule has 2 aromatic rings. The summed E-state index contributed by atoms with van der Waals surface area (Å²) in [5, 5.41) is 16.8. The number of carbonyl (C=O) groups excluding carboxylic acids is 1. The van der Waals surface area contributed by atoms with Gasteiger partial charge in [-0.3, -0.25) is 4.79 Å². The number of benzene rings is 1. The number of rotatable bonds is 3. The summed E-state index contributed by atoms with van der Waals surface area (Å²) in [6.45, 7) is 2.84. The van der Waals surface area contributed by atoms with Gasteiger partial charge in [0.05, 0.1) is 12.2 Å². The molecule has 24 heavy (non-hydrogen) atoms. The maximum Gasteiger partial charge on any atom is 0.251 e. The molecule has 3 rings (SSSR count). The molecule has 2 N–H and O–H groups in total. The van der Waals surface area contributed by atoms with Crippen molar-refractivity contribution in [1.29, 1.82) is 0 Å². The fourth-order valence-electron chi connectivity index (χ4n) is 2.90. The molecule has 0 spiro atoms. The van der Waals surface area contributed by atoms with Gasteiger partial charge in [-0.25, -0.2) is 13.5 Å². The standard InChI is InChI=1S/C17H19F2N3O2/c1-17(2,24)16(23)21-13-4-3-5-14-11(13)9-20-22(14)15-7-6-10(18)8-12(15)19/h6-9,13,24H,3-5H2,1-2H3,(H,21,23). The first-order valence-electron chi connectivity index (χ1n) is 7.83. The molecule has 1 unspecified atom stereocenters. The zero-order chi connectivity index (χ0) is 17.5. The van der Waals surface area contributed by atoms with Gasteiger partial charge < -0.3 is 10.4 Å². The Morgan fingerprint density at radius 2 is 2.17 bits per heavy atom. The lowest BCUT2D eigenvalue weighted by atomic mass is 9.92. The Kier molecular flexibility index (Phi) is 4.13. The number of halogens is 2. The van der Waals surface area contributed by atoms with Crippen LogP contribution in [-0.4, -0.2) is 26.4 Å². The Morgan fingerprint density at radius 3 is 2.83 bits per heavy atom. The third-order valence-corrected chi connectivity index (χ3v) is 4.18. The van der Waals surface area contributed by atoms with E-state index in [1.807, 2.05) is 0 Å². The minimum atomic E-state index is -1.48. The number of hydrogen-bond donors (Lipinski definition) is 2. The lowest BCUT2D eigenvalue weighted by Gasteiger charge is -2.27. The molecule has 5 nitrogen and oxygen atoms in total. The first kappa shape index (κ1) is 16.6. The smallest absolute Gasteiger partial charge is 0.251 e. The van der Waals surface area contributed by atoms with Crippen LogP contribution in [0.1, 0.15) is 44.0 Å². The zero-order valence-corrected chi connectivity index (χ0v) is 13.5. The third-order valence-electron chi connectivity index (χ3n) is 4.18. The molecule has 0 radical (unpaired) electrons. The van der Waals surface area contributed by atoms with Crippen molar-refractivity contribution in [3.05, 3.63) is 47.3 Å². The van der Waals surface area contributed by atoms with Crippen LogP contribution >= 0.6 is 0 Å². The van der Waals surface area contributed by atoms with Crippen molar-refractivity contribution in [3.63, 3.8) is 0 Å². The second-order valence-electron chi connectivity index (χ2n) is 6.53. The molecule has 1 aromatic carbocycles. The van der Waals surface area contributed by atoms with Gasteiger partial charge in [-0.15, -0.1) is 0 Å². The van der Waals surface area contributed by atoms with Crippen LogP contribution in [0.4, 0.5) is 8.78 Å². The highest BCUT2D eigenvalue weighted by molar-refractivity contribution is 5.84. The first-order valence-corrected chi connectivity index (χ1v) is 7.83. The summed E-state index contributed by atoms with van der Waals surface area (Å²) in [4.78, 5) is 12.0. The summed E-state index contributed by atoms with van der Waals surface area (Å²) < 4.78 is 28.6. The summed E-state index contributed by atoms with van der Waals surface area (Å²) in [7, 11) is 0. The van der Waals surface area contributed by atoms with Crippen LogP contribution in [0.2, 0.25) is 0 Å². The van der Waals surface area contributed by atoms with Crippen LogP contribution in [0, 0.1) is 11.6 Å². The number of aliphatic hydroxyl groups is 1. The zero-order valence-electron chi connectivity index (χ0n) is 13.5. The number of nitrogens with zero attached hydrogens (tertiary/aromatic N) is 2. The van der Waals surface area contributed by atoms with Gasteiger partial charge in [0.15, 0.2) is 5.82 Å². The van der Waals surface area contributed by atoms with Crippen molar-refractivity contribution in [2.75, 3.05) is 0 Å². The van der Waals surface area contributed by atoms with E-state index in [1.165, 1.54) is 30.7 Å². The summed E-state index contributed by atoms with van der Waals surface area (Å²) in [5.74, 6) is -1.81. The summed E-state index contributed by atoms with van der Waals surface area (Å²) in [6.07, 6.45) is 3.78. The molecule has 1 aromatic heterocycles. The molecular formula is C17H19F2N3O2. The first-order chi connectivity index (χ1) is 11.3. The Bertz CT molecular complexity index is 781. The van der Waals surface area contributed by atoms with Crippen LogP contribution in [-0.2, 0) is 11.2 Å². The Morgan fingerprint density at radius 1 is 1.42 bits per heavy atom. The van der Waals surface area contributed by atoms with E-state index in [4.69, 9.17) is 0 Å². The number of carbonyl (C=O) groups is 1. The maximum absolute atomic E-state index is 14.0. The lowest BCUT2D eigenvalue weighted by molar-refractivity contribution is -0.137. The van der Waals surface area contributed by atoms with Crippen molar-refractivity contribution in [1.82, 2.24) is 15.1 Å². The second kappa shape index (κ2) is 5.98. The van der Waals surface area contributed by atoms with Crippen molar-refractivity contribution in [3.8, 4) is 5.69 Å². The molecule has 0 fully saturated rings. The molecule has 0 saturated carbocycles. The van der Waals surface area contributed by atoms with Gasteiger partial charge in [0.1, 0.15) is 17.1 Å². The molecule has 1 amide bonds. The van der Waals surface area contributed by atoms with E-state index in [1.54, 1.807) is 6.20 Å². The van der Waals surface area contributed by atoms with Gasteiger partial charge in [-0.05, 0) is 45.2 Å². The number of nitrogens with one attached hydrogen (secondary N) is 1. The highest BCUT2D eigenvalue weighted by Gasteiger charge is 2.31. The van der Waals surface area contributed by atoms with Gasteiger partial charge in [-0.1, -0.05) is 0 Å². The van der Waals surface area contributed by atoms with Gasteiger partial charge in [-0.2, -0.15) is 5.10 Å².